The zero-order valence-corrected chi connectivity index (χ0v) is 13.9. The minimum Gasteiger partial charge on any atom is -0.465 e. The molecular weight excluding hydrogens is 331 g/mol. The first-order valence-corrected chi connectivity index (χ1v) is 7.82. The molecule has 1 aromatic heterocycles. The summed E-state index contributed by atoms with van der Waals surface area (Å²) in [5.74, 6) is -0.362. The molecule has 2 rings (SSSR count). The van der Waals surface area contributed by atoms with Gasteiger partial charge in [-0.25, -0.2) is 9.78 Å². The van der Waals surface area contributed by atoms with Crippen molar-refractivity contribution in [1.29, 1.82) is 0 Å². The molecule has 112 valence electrons. The van der Waals surface area contributed by atoms with Gasteiger partial charge < -0.3 is 10.1 Å². The number of carbonyl (C=O) groups excluding carboxylic acids is 1. The molecule has 0 fully saturated rings. The summed E-state index contributed by atoms with van der Waals surface area (Å²) in [5, 5.41) is 5.14. The van der Waals surface area contributed by atoms with Crippen molar-refractivity contribution >= 4 is 45.6 Å². The average molecular weight is 345 g/mol. The maximum absolute atomic E-state index is 11.5. The molecule has 4 nitrogen and oxygen atoms in total. The van der Waals surface area contributed by atoms with Crippen molar-refractivity contribution in [3.05, 3.63) is 44.4 Å². The van der Waals surface area contributed by atoms with Gasteiger partial charge in [0.1, 0.15) is 4.88 Å². The second-order valence-corrected chi connectivity index (χ2v) is 6.18. The average Bonchev–Trinajstić information content (AvgIpc) is 2.81. The van der Waals surface area contributed by atoms with Gasteiger partial charge in [0.05, 0.1) is 12.8 Å². The van der Waals surface area contributed by atoms with Crippen LogP contribution in [0.4, 0.5) is 5.13 Å². The van der Waals surface area contributed by atoms with E-state index in [1.54, 1.807) is 13.0 Å². The quantitative estimate of drug-likeness (QED) is 0.825. The molecule has 0 atom stereocenters. The first-order chi connectivity index (χ1) is 10.0. The number of carbonyl (C=O) groups is 1. The Morgan fingerprint density at radius 1 is 1.43 bits per heavy atom. The molecule has 7 heteroatoms. The van der Waals surface area contributed by atoms with Crippen molar-refractivity contribution in [3.63, 3.8) is 0 Å². The monoisotopic (exact) mass is 344 g/mol. The number of hydrogen-bond acceptors (Lipinski definition) is 5. The molecule has 0 saturated carbocycles. The van der Waals surface area contributed by atoms with Gasteiger partial charge in [0.25, 0.3) is 0 Å². The van der Waals surface area contributed by atoms with Crippen molar-refractivity contribution in [2.45, 2.75) is 13.3 Å². The van der Waals surface area contributed by atoms with Crippen molar-refractivity contribution in [2.24, 2.45) is 0 Å². The van der Waals surface area contributed by atoms with E-state index in [0.29, 0.717) is 32.3 Å². The topological polar surface area (TPSA) is 51.2 Å². The predicted molar refractivity (Wildman–Crippen MR) is 86.8 cm³/mol. The summed E-state index contributed by atoms with van der Waals surface area (Å²) in [6.07, 6.45) is 0.738. The summed E-state index contributed by atoms with van der Waals surface area (Å²) in [6, 6.07) is 5.44. The number of nitrogens with zero attached hydrogens (tertiary/aromatic N) is 1. The van der Waals surface area contributed by atoms with Crippen molar-refractivity contribution in [1.82, 2.24) is 4.98 Å². The molecule has 1 heterocycles. The van der Waals surface area contributed by atoms with E-state index in [1.165, 1.54) is 18.4 Å². The van der Waals surface area contributed by atoms with Gasteiger partial charge in [-0.1, -0.05) is 40.6 Å². The SMILES string of the molecule is COC(=O)c1sc(NCCc2ccc(Cl)cc2Cl)nc1C. The Balaban J connectivity index is 1.96. The van der Waals surface area contributed by atoms with E-state index in [9.17, 15) is 4.79 Å². The maximum Gasteiger partial charge on any atom is 0.350 e. The first-order valence-electron chi connectivity index (χ1n) is 6.25. The van der Waals surface area contributed by atoms with Crippen LogP contribution < -0.4 is 5.32 Å². The standard InChI is InChI=1S/C14H14Cl2N2O2S/c1-8-12(13(19)20-2)21-14(18-8)17-6-5-9-3-4-10(15)7-11(9)16/h3-4,7H,5-6H2,1-2H3,(H,17,18). The van der Waals surface area contributed by atoms with Gasteiger partial charge in [-0.2, -0.15) is 0 Å². The van der Waals surface area contributed by atoms with E-state index >= 15 is 0 Å². The van der Waals surface area contributed by atoms with E-state index in [0.717, 1.165) is 12.0 Å². The fourth-order valence-electron chi connectivity index (χ4n) is 1.78. The molecular formula is C14H14Cl2N2O2S. The zero-order chi connectivity index (χ0) is 15.4. The highest BCUT2D eigenvalue weighted by Crippen LogP contribution is 2.24. The Kier molecular flexibility index (Phi) is 5.45. The number of halogens is 2. The molecule has 0 aliphatic rings. The smallest absolute Gasteiger partial charge is 0.350 e. The number of thiazole rings is 1. The van der Waals surface area contributed by atoms with Crippen LogP contribution in [0, 0.1) is 6.92 Å². The fraction of sp³-hybridized carbons (Fsp3) is 0.286. The second kappa shape index (κ2) is 7.11. The van der Waals surface area contributed by atoms with Crippen LogP contribution in [0.15, 0.2) is 18.2 Å². The van der Waals surface area contributed by atoms with Crippen LogP contribution in [0.5, 0.6) is 0 Å². The third-order valence-electron chi connectivity index (χ3n) is 2.85. The minimum absolute atomic E-state index is 0.362. The number of hydrogen-bond donors (Lipinski definition) is 1. The summed E-state index contributed by atoms with van der Waals surface area (Å²) in [5.41, 5.74) is 1.67. The number of benzene rings is 1. The fourth-order valence-corrected chi connectivity index (χ4v) is 3.20. The Bertz CT molecular complexity index is 658. The van der Waals surface area contributed by atoms with E-state index < -0.39 is 0 Å². The lowest BCUT2D eigenvalue weighted by atomic mass is 10.1. The summed E-state index contributed by atoms with van der Waals surface area (Å²) >= 11 is 13.3. The first kappa shape index (κ1) is 16.1. The van der Waals surface area contributed by atoms with E-state index in [-0.39, 0.29) is 5.97 Å². The molecule has 21 heavy (non-hydrogen) atoms. The van der Waals surface area contributed by atoms with Gasteiger partial charge in [-0.05, 0) is 31.0 Å². The van der Waals surface area contributed by atoms with Crippen molar-refractivity contribution in [3.8, 4) is 0 Å². The molecule has 2 aromatic rings. The van der Waals surface area contributed by atoms with Crippen molar-refractivity contribution < 1.29 is 9.53 Å². The van der Waals surface area contributed by atoms with E-state index in [1.807, 2.05) is 12.1 Å². The maximum atomic E-state index is 11.5. The molecule has 0 bridgehead atoms. The predicted octanol–water partition coefficient (Wildman–Crippen LogP) is 4.20. The lowest BCUT2D eigenvalue weighted by Gasteiger charge is -2.05. The molecule has 0 unspecified atom stereocenters. The van der Waals surface area contributed by atoms with Crippen LogP contribution in [0.2, 0.25) is 10.0 Å². The number of esters is 1. The third-order valence-corrected chi connectivity index (χ3v) is 4.54. The largest absolute Gasteiger partial charge is 0.465 e. The Morgan fingerprint density at radius 3 is 2.86 bits per heavy atom. The normalized spacial score (nSPS) is 10.5. The van der Waals surface area contributed by atoms with Gasteiger partial charge >= 0.3 is 5.97 Å². The van der Waals surface area contributed by atoms with Crippen LogP contribution in [-0.2, 0) is 11.2 Å². The highest BCUT2D eigenvalue weighted by atomic mass is 35.5. The summed E-state index contributed by atoms with van der Waals surface area (Å²) in [6.45, 7) is 2.44. The summed E-state index contributed by atoms with van der Waals surface area (Å²) in [4.78, 5) is 16.3. The van der Waals surface area contributed by atoms with Crippen molar-refractivity contribution in [2.75, 3.05) is 19.0 Å². The van der Waals surface area contributed by atoms with Crippen LogP contribution >= 0.6 is 34.5 Å². The number of methoxy groups -OCH3 is 1. The lowest BCUT2D eigenvalue weighted by Crippen LogP contribution is -2.04. The van der Waals surface area contributed by atoms with Gasteiger partial charge in [-0.3, -0.25) is 0 Å². The Morgan fingerprint density at radius 2 is 2.19 bits per heavy atom. The third kappa shape index (κ3) is 4.09. The molecule has 1 aromatic carbocycles. The van der Waals surface area contributed by atoms with E-state index in [4.69, 9.17) is 27.9 Å². The van der Waals surface area contributed by atoms with Gasteiger partial charge in [0, 0.05) is 16.6 Å². The highest BCUT2D eigenvalue weighted by molar-refractivity contribution is 7.17. The minimum atomic E-state index is -0.362. The molecule has 0 aliphatic carbocycles. The summed E-state index contributed by atoms with van der Waals surface area (Å²) < 4.78 is 4.70. The van der Waals surface area contributed by atoms with E-state index in [2.05, 4.69) is 10.3 Å². The molecule has 0 amide bonds. The Labute approximate surface area is 137 Å². The van der Waals surface area contributed by atoms with Gasteiger partial charge in [0.15, 0.2) is 5.13 Å². The molecule has 1 N–H and O–H groups in total. The number of aromatic nitrogens is 1. The van der Waals surface area contributed by atoms with Crippen LogP contribution in [0.1, 0.15) is 20.9 Å². The van der Waals surface area contributed by atoms with Gasteiger partial charge in [0.2, 0.25) is 0 Å². The number of rotatable bonds is 5. The zero-order valence-electron chi connectivity index (χ0n) is 11.6. The van der Waals surface area contributed by atoms with Crippen LogP contribution in [-0.4, -0.2) is 24.6 Å². The number of anilines is 1. The summed E-state index contributed by atoms with van der Waals surface area (Å²) in [7, 11) is 1.36. The molecule has 0 saturated heterocycles. The van der Waals surface area contributed by atoms with Crippen LogP contribution in [0.3, 0.4) is 0 Å². The Hall–Kier alpha value is -1.30. The van der Waals surface area contributed by atoms with Gasteiger partial charge in [-0.15, -0.1) is 0 Å². The molecule has 0 aliphatic heterocycles. The molecule has 0 spiro atoms. The molecule has 0 radical (unpaired) electrons. The number of aryl methyl sites for hydroxylation is 1. The van der Waals surface area contributed by atoms with Crippen LogP contribution in [0.25, 0.3) is 0 Å². The highest BCUT2D eigenvalue weighted by Gasteiger charge is 2.15. The number of ether oxygens (including phenoxy) is 1. The second-order valence-electron chi connectivity index (χ2n) is 4.34. The number of nitrogens with one attached hydrogen (secondary N) is 1. The lowest BCUT2D eigenvalue weighted by molar-refractivity contribution is 0.0605.